The highest BCUT2D eigenvalue weighted by atomic mass is 16.3. The molecule has 3 unspecified atom stereocenters. The van der Waals surface area contributed by atoms with Crippen molar-refractivity contribution >= 4 is 0 Å². The summed E-state index contributed by atoms with van der Waals surface area (Å²) in [7, 11) is 0. The number of hydrogen-bond donors (Lipinski definition) is 2. The molecule has 1 aliphatic carbocycles. The maximum atomic E-state index is 9.89. The van der Waals surface area contributed by atoms with Crippen molar-refractivity contribution in [3.8, 4) is 0 Å². The van der Waals surface area contributed by atoms with E-state index in [1.807, 2.05) is 0 Å². The summed E-state index contributed by atoms with van der Waals surface area (Å²) in [6.07, 6.45) is 3.36. The maximum Gasteiger partial charge on any atom is 0.0621 e. The van der Waals surface area contributed by atoms with Crippen LogP contribution < -0.4 is 5.32 Å². The summed E-state index contributed by atoms with van der Waals surface area (Å²) in [6.45, 7) is 7.71. The highest BCUT2D eigenvalue weighted by Gasteiger charge is 2.47. The first kappa shape index (κ1) is 15.0. The molecule has 2 aliphatic rings. The third-order valence-corrected chi connectivity index (χ3v) is 5.54. The van der Waals surface area contributed by atoms with Crippen LogP contribution in [0.5, 0.6) is 0 Å². The van der Waals surface area contributed by atoms with Crippen LogP contribution in [0.25, 0.3) is 0 Å². The molecule has 3 atom stereocenters. The fourth-order valence-corrected chi connectivity index (χ4v) is 3.69. The Kier molecular flexibility index (Phi) is 4.34. The molecule has 0 spiro atoms. The van der Waals surface area contributed by atoms with Crippen molar-refractivity contribution in [3.63, 3.8) is 0 Å². The zero-order valence-electron chi connectivity index (χ0n) is 13.3. The van der Waals surface area contributed by atoms with E-state index in [1.54, 1.807) is 0 Å². The van der Waals surface area contributed by atoms with Crippen molar-refractivity contribution in [1.29, 1.82) is 0 Å². The fourth-order valence-electron chi connectivity index (χ4n) is 3.69. The van der Waals surface area contributed by atoms with Gasteiger partial charge in [0.1, 0.15) is 0 Å². The number of likely N-dealkylation sites (tertiary alicyclic amines) is 1. The maximum absolute atomic E-state index is 9.89. The Morgan fingerprint density at radius 1 is 1.24 bits per heavy atom. The zero-order chi connectivity index (χ0) is 14.9. The molecule has 21 heavy (non-hydrogen) atoms. The first-order chi connectivity index (χ1) is 10.1. The predicted octanol–water partition coefficient (Wildman–Crippen LogP) is 2.57. The summed E-state index contributed by atoms with van der Waals surface area (Å²) in [4.78, 5) is 2.60. The molecule has 2 fully saturated rings. The van der Waals surface area contributed by atoms with Gasteiger partial charge in [-0.15, -0.1) is 0 Å². The average Bonchev–Trinajstić information content (AvgIpc) is 3.01. The van der Waals surface area contributed by atoms with Crippen LogP contribution in [0.1, 0.15) is 44.7 Å². The van der Waals surface area contributed by atoms with Crippen LogP contribution in [0, 0.1) is 5.41 Å². The van der Waals surface area contributed by atoms with Crippen molar-refractivity contribution in [2.45, 2.75) is 51.3 Å². The molecule has 1 saturated heterocycles. The van der Waals surface area contributed by atoms with Crippen LogP contribution >= 0.6 is 0 Å². The molecule has 2 N–H and O–H groups in total. The Hall–Kier alpha value is -0.900. The molecule has 3 heteroatoms. The van der Waals surface area contributed by atoms with Crippen LogP contribution in [-0.2, 0) is 0 Å². The standard InChI is InChI=1S/C18H28N2O/c1-18(2)16(12-17(18)21)19-13-15(20-10-6-7-11-20)14-8-4-3-5-9-14/h3-5,8-9,15-17,19,21H,6-7,10-13H2,1-2H3. The van der Waals surface area contributed by atoms with Gasteiger partial charge in [0.25, 0.3) is 0 Å². The first-order valence-electron chi connectivity index (χ1n) is 8.29. The van der Waals surface area contributed by atoms with Gasteiger partial charge in [-0.25, -0.2) is 0 Å². The molecule has 0 bridgehead atoms. The Bertz CT molecular complexity index is 454. The molecule has 116 valence electrons. The third-order valence-electron chi connectivity index (χ3n) is 5.54. The second-order valence-corrected chi connectivity index (χ2v) is 7.20. The largest absolute Gasteiger partial charge is 0.392 e. The van der Waals surface area contributed by atoms with Gasteiger partial charge in [0, 0.05) is 24.0 Å². The van der Waals surface area contributed by atoms with E-state index >= 15 is 0 Å². The van der Waals surface area contributed by atoms with E-state index in [0.29, 0.717) is 12.1 Å². The first-order valence-corrected chi connectivity index (χ1v) is 8.29. The van der Waals surface area contributed by atoms with E-state index in [4.69, 9.17) is 0 Å². The molecule has 0 radical (unpaired) electrons. The van der Waals surface area contributed by atoms with Crippen LogP contribution in [-0.4, -0.2) is 41.8 Å². The lowest BCUT2D eigenvalue weighted by atomic mass is 9.64. The van der Waals surface area contributed by atoms with Gasteiger partial charge in [0.15, 0.2) is 0 Å². The average molecular weight is 288 g/mol. The number of aliphatic hydroxyl groups is 1. The quantitative estimate of drug-likeness (QED) is 0.874. The van der Waals surface area contributed by atoms with E-state index in [0.717, 1.165) is 13.0 Å². The van der Waals surface area contributed by atoms with Gasteiger partial charge >= 0.3 is 0 Å². The van der Waals surface area contributed by atoms with Gasteiger partial charge in [-0.3, -0.25) is 4.90 Å². The van der Waals surface area contributed by atoms with Crippen molar-refractivity contribution in [2.24, 2.45) is 5.41 Å². The van der Waals surface area contributed by atoms with Gasteiger partial charge in [-0.2, -0.15) is 0 Å². The van der Waals surface area contributed by atoms with E-state index in [9.17, 15) is 5.11 Å². The minimum Gasteiger partial charge on any atom is -0.392 e. The minimum absolute atomic E-state index is 0.00620. The molecule has 1 saturated carbocycles. The number of aliphatic hydroxyl groups excluding tert-OH is 1. The predicted molar refractivity (Wildman–Crippen MR) is 86.2 cm³/mol. The van der Waals surface area contributed by atoms with Crippen LogP contribution in [0.15, 0.2) is 30.3 Å². The molecule has 0 aromatic heterocycles. The van der Waals surface area contributed by atoms with Crippen molar-refractivity contribution in [3.05, 3.63) is 35.9 Å². The number of benzene rings is 1. The van der Waals surface area contributed by atoms with E-state index in [2.05, 4.69) is 54.4 Å². The van der Waals surface area contributed by atoms with Gasteiger partial charge < -0.3 is 10.4 Å². The lowest BCUT2D eigenvalue weighted by molar-refractivity contribution is -0.0737. The van der Waals surface area contributed by atoms with Crippen molar-refractivity contribution < 1.29 is 5.11 Å². The SMILES string of the molecule is CC1(C)C(O)CC1NCC(c1ccccc1)N1CCCC1. The Morgan fingerprint density at radius 3 is 2.48 bits per heavy atom. The van der Waals surface area contributed by atoms with Crippen molar-refractivity contribution in [2.75, 3.05) is 19.6 Å². The third kappa shape index (κ3) is 3.01. The van der Waals surface area contributed by atoms with E-state index in [-0.39, 0.29) is 11.5 Å². The lowest BCUT2D eigenvalue weighted by Gasteiger charge is -2.50. The molecule has 0 amide bonds. The van der Waals surface area contributed by atoms with E-state index < -0.39 is 0 Å². The molecule has 3 rings (SSSR count). The van der Waals surface area contributed by atoms with Crippen molar-refractivity contribution in [1.82, 2.24) is 10.2 Å². The van der Waals surface area contributed by atoms with Gasteiger partial charge in [0.2, 0.25) is 0 Å². The topological polar surface area (TPSA) is 35.5 Å². The number of rotatable bonds is 5. The molecule has 1 aromatic rings. The summed E-state index contributed by atoms with van der Waals surface area (Å²) in [5.41, 5.74) is 1.41. The van der Waals surface area contributed by atoms with Gasteiger partial charge in [0.05, 0.1) is 6.10 Å². The van der Waals surface area contributed by atoms with Crippen LogP contribution in [0.2, 0.25) is 0 Å². The zero-order valence-corrected chi connectivity index (χ0v) is 13.3. The summed E-state index contributed by atoms with van der Waals surface area (Å²) in [6, 6.07) is 11.7. The normalized spacial score (nSPS) is 30.0. The Morgan fingerprint density at radius 2 is 1.90 bits per heavy atom. The summed E-state index contributed by atoms with van der Waals surface area (Å²) < 4.78 is 0. The summed E-state index contributed by atoms with van der Waals surface area (Å²) in [5.74, 6) is 0. The highest BCUT2D eigenvalue weighted by molar-refractivity contribution is 5.20. The summed E-state index contributed by atoms with van der Waals surface area (Å²) >= 11 is 0. The van der Waals surface area contributed by atoms with Crippen LogP contribution in [0.4, 0.5) is 0 Å². The lowest BCUT2D eigenvalue weighted by Crippen LogP contribution is -2.60. The Labute approximate surface area is 128 Å². The second kappa shape index (κ2) is 6.07. The molecule has 1 aromatic carbocycles. The number of nitrogens with zero attached hydrogens (tertiary/aromatic N) is 1. The summed E-state index contributed by atoms with van der Waals surface area (Å²) in [5, 5.41) is 13.6. The van der Waals surface area contributed by atoms with E-state index in [1.165, 1.54) is 31.5 Å². The smallest absolute Gasteiger partial charge is 0.0621 e. The number of nitrogens with one attached hydrogen (secondary N) is 1. The molecule has 1 heterocycles. The highest BCUT2D eigenvalue weighted by Crippen LogP contribution is 2.40. The molecular weight excluding hydrogens is 260 g/mol. The van der Waals surface area contributed by atoms with Gasteiger partial charge in [-0.05, 0) is 37.9 Å². The van der Waals surface area contributed by atoms with Crippen LogP contribution in [0.3, 0.4) is 0 Å². The number of hydrogen-bond acceptors (Lipinski definition) is 3. The fraction of sp³-hybridized carbons (Fsp3) is 0.667. The second-order valence-electron chi connectivity index (χ2n) is 7.20. The minimum atomic E-state index is -0.156. The molecule has 3 nitrogen and oxygen atoms in total. The molecular formula is C18H28N2O. The van der Waals surface area contributed by atoms with Gasteiger partial charge in [-0.1, -0.05) is 44.2 Å². The Balaban J connectivity index is 1.66. The monoisotopic (exact) mass is 288 g/mol. The molecule has 1 aliphatic heterocycles.